The zero-order valence-corrected chi connectivity index (χ0v) is 10.9. The summed E-state index contributed by atoms with van der Waals surface area (Å²) in [4.78, 5) is 23.8. The Kier molecular flexibility index (Phi) is 3.11. The standard InChI is InChI=1S/C14H17NO3/c1-9-5-4-6-10(2)11(9)15-12(16)14(7-8-14)13(17)18-3/h4-6H,7-8H2,1-3H3,(H,15,16). The van der Waals surface area contributed by atoms with Gasteiger partial charge in [-0.25, -0.2) is 0 Å². The summed E-state index contributed by atoms with van der Waals surface area (Å²) in [5.74, 6) is -0.696. The van der Waals surface area contributed by atoms with Gasteiger partial charge >= 0.3 is 5.97 Å². The maximum Gasteiger partial charge on any atom is 0.321 e. The molecule has 0 bridgehead atoms. The molecule has 0 saturated heterocycles. The molecule has 96 valence electrons. The van der Waals surface area contributed by atoms with Gasteiger partial charge in [-0.2, -0.15) is 0 Å². The smallest absolute Gasteiger partial charge is 0.321 e. The number of para-hydroxylation sites is 1. The van der Waals surface area contributed by atoms with Crippen molar-refractivity contribution in [3.8, 4) is 0 Å². The fraction of sp³-hybridized carbons (Fsp3) is 0.429. The third-order valence-corrected chi connectivity index (χ3v) is 3.48. The number of carbonyl (C=O) groups excluding carboxylic acids is 2. The highest BCUT2D eigenvalue weighted by molar-refractivity contribution is 6.11. The number of carbonyl (C=O) groups is 2. The van der Waals surface area contributed by atoms with E-state index in [-0.39, 0.29) is 5.91 Å². The van der Waals surface area contributed by atoms with Gasteiger partial charge in [0.15, 0.2) is 0 Å². The normalized spacial score (nSPS) is 15.9. The third-order valence-electron chi connectivity index (χ3n) is 3.48. The van der Waals surface area contributed by atoms with Crippen LogP contribution in [-0.2, 0) is 14.3 Å². The lowest BCUT2D eigenvalue weighted by Gasteiger charge is -2.16. The molecule has 1 aliphatic carbocycles. The van der Waals surface area contributed by atoms with Gasteiger partial charge in [0.1, 0.15) is 5.41 Å². The lowest BCUT2D eigenvalue weighted by Crippen LogP contribution is -2.32. The number of hydrogen-bond acceptors (Lipinski definition) is 3. The average Bonchev–Trinajstić information content (AvgIpc) is 3.14. The van der Waals surface area contributed by atoms with E-state index >= 15 is 0 Å². The lowest BCUT2D eigenvalue weighted by atomic mass is 10.0. The van der Waals surface area contributed by atoms with Gasteiger partial charge in [0, 0.05) is 5.69 Å². The number of amides is 1. The number of methoxy groups -OCH3 is 1. The molecule has 18 heavy (non-hydrogen) atoms. The number of hydrogen-bond donors (Lipinski definition) is 1. The molecule has 0 unspecified atom stereocenters. The van der Waals surface area contributed by atoms with Gasteiger partial charge in [-0.1, -0.05) is 18.2 Å². The maximum absolute atomic E-state index is 12.2. The highest BCUT2D eigenvalue weighted by Gasteiger charge is 2.57. The highest BCUT2D eigenvalue weighted by atomic mass is 16.5. The summed E-state index contributed by atoms with van der Waals surface area (Å²) in [5.41, 5.74) is 1.81. The first-order valence-electron chi connectivity index (χ1n) is 5.97. The topological polar surface area (TPSA) is 55.4 Å². The molecule has 0 spiro atoms. The molecule has 4 nitrogen and oxygen atoms in total. The second-order valence-electron chi connectivity index (χ2n) is 4.79. The summed E-state index contributed by atoms with van der Waals surface area (Å²) < 4.78 is 4.70. The van der Waals surface area contributed by atoms with E-state index in [1.54, 1.807) is 0 Å². The summed E-state index contributed by atoms with van der Waals surface area (Å²) in [5, 5.41) is 2.86. The van der Waals surface area contributed by atoms with Gasteiger partial charge in [0.05, 0.1) is 7.11 Å². The average molecular weight is 247 g/mol. The minimum atomic E-state index is -0.955. The molecular formula is C14H17NO3. The number of benzene rings is 1. The van der Waals surface area contributed by atoms with E-state index in [1.807, 2.05) is 32.0 Å². The Morgan fingerprint density at radius 2 is 1.78 bits per heavy atom. The van der Waals surface area contributed by atoms with Crippen LogP contribution in [-0.4, -0.2) is 19.0 Å². The third kappa shape index (κ3) is 1.98. The number of nitrogens with one attached hydrogen (secondary N) is 1. The number of anilines is 1. The molecule has 0 radical (unpaired) electrons. The Morgan fingerprint density at radius 3 is 2.22 bits per heavy atom. The monoisotopic (exact) mass is 247 g/mol. The van der Waals surface area contributed by atoms with Crippen LogP contribution < -0.4 is 5.32 Å². The van der Waals surface area contributed by atoms with Gasteiger partial charge in [-0.3, -0.25) is 9.59 Å². The number of esters is 1. The van der Waals surface area contributed by atoms with E-state index in [0.717, 1.165) is 16.8 Å². The fourth-order valence-corrected chi connectivity index (χ4v) is 2.09. The summed E-state index contributed by atoms with van der Waals surface area (Å²) in [6, 6.07) is 5.80. The molecule has 1 aliphatic rings. The molecule has 0 aromatic heterocycles. The van der Waals surface area contributed by atoms with Gasteiger partial charge in [-0.05, 0) is 37.8 Å². The Labute approximate surface area is 106 Å². The fourth-order valence-electron chi connectivity index (χ4n) is 2.09. The van der Waals surface area contributed by atoms with Crippen LogP contribution in [0.1, 0.15) is 24.0 Å². The predicted molar refractivity (Wildman–Crippen MR) is 68.2 cm³/mol. The first kappa shape index (κ1) is 12.6. The van der Waals surface area contributed by atoms with Crippen LogP contribution in [0.15, 0.2) is 18.2 Å². The zero-order valence-electron chi connectivity index (χ0n) is 10.9. The molecule has 2 rings (SSSR count). The van der Waals surface area contributed by atoms with Crippen LogP contribution in [0, 0.1) is 19.3 Å². The molecule has 0 heterocycles. The van der Waals surface area contributed by atoms with Crippen molar-refractivity contribution in [1.82, 2.24) is 0 Å². The predicted octanol–water partition coefficient (Wildman–Crippen LogP) is 2.20. The molecule has 4 heteroatoms. The van der Waals surface area contributed by atoms with Crippen LogP contribution >= 0.6 is 0 Å². The van der Waals surface area contributed by atoms with Crippen molar-refractivity contribution in [2.45, 2.75) is 26.7 Å². The molecular weight excluding hydrogens is 230 g/mol. The molecule has 1 fully saturated rings. The van der Waals surface area contributed by atoms with Crippen LogP contribution in [0.5, 0.6) is 0 Å². The zero-order chi connectivity index (χ0) is 13.3. The minimum absolute atomic E-state index is 0.258. The van der Waals surface area contributed by atoms with Gasteiger partial charge in [0.2, 0.25) is 5.91 Å². The lowest BCUT2D eigenvalue weighted by molar-refractivity contribution is -0.150. The SMILES string of the molecule is COC(=O)C1(C(=O)Nc2c(C)cccc2C)CC1. The van der Waals surface area contributed by atoms with Crippen LogP contribution in [0.25, 0.3) is 0 Å². The quantitative estimate of drug-likeness (QED) is 0.658. The van der Waals surface area contributed by atoms with Crippen molar-refractivity contribution in [3.63, 3.8) is 0 Å². The summed E-state index contributed by atoms with van der Waals surface area (Å²) in [7, 11) is 1.31. The van der Waals surface area contributed by atoms with Crippen molar-refractivity contribution in [3.05, 3.63) is 29.3 Å². The van der Waals surface area contributed by atoms with E-state index in [9.17, 15) is 9.59 Å². The summed E-state index contributed by atoms with van der Waals surface area (Å²) in [6.45, 7) is 3.86. The van der Waals surface area contributed by atoms with Crippen molar-refractivity contribution in [1.29, 1.82) is 0 Å². The van der Waals surface area contributed by atoms with Crippen molar-refractivity contribution in [2.75, 3.05) is 12.4 Å². The second-order valence-corrected chi connectivity index (χ2v) is 4.79. The number of aryl methyl sites for hydroxylation is 2. The Morgan fingerprint density at radius 1 is 1.22 bits per heavy atom. The Hall–Kier alpha value is -1.84. The first-order chi connectivity index (χ1) is 8.51. The van der Waals surface area contributed by atoms with E-state index in [4.69, 9.17) is 4.74 Å². The first-order valence-corrected chi connectivity index (χ1v) is 5.97. The molecule has 1 aromatic carbocycles. The number of rotatable bonds is 3. The summed E-state index contributed by atoms with van der Waals surface area (Å²) >= 11 is 0. The second kappa shape index (κ2) is 4.44. The van der Waals surface area contributed by atoms with Crippen molar-refractivity contribution >= 4 is 17.6 Å². The van der Waals surface area contributed by atoms with E-state index < -0.39 is 11.4 Å². The van der Waals surface area contributed by atoms with Gasteiger partial charge in [0.25, 0.3) is 0 Å². The Balaban J connectivity index is 2.20. The van der Waals surface area contributed by atoms with E-state index in [1.165, 1.54) is 7.11 Å². The number of ether oxygens (including phenoxy) is 1. The summed E-state index contributed by atoms with van der Waals surface area (Å²) in [6.07, 6.45) is 1.13. The molecule has 0 aliphatic heterocycles. The molecule has 1 amide bonds. The molecule has 1 aromatic rings. The highest BCUT2D eigenvalue weighted by Crippen LogP contribution is 2.47. The van der Waals surface area contributed by atoms with Crippen molar-refractivity contribution < 1.29 is 14.3 Å². The maximum atomic E-state index is 12.2. The van der Waals surface area contributed by atoms with Crippen LogP contribution in [0.2, 0.25) is 0 Å². The van der Waals surface area contributed by atoms with Crippen LogP contribution in [0.4, 0.5) is 5.69 Å². The molecule has 1 N–H and O–H groups in total. The van der Waals surface area contributed by atoms with E-state index in [2.05, 4.69) is 5.32 Å². The van der Waals surface area contributed by atoms with Gasteiger partial charge < -0.3 is 10.1 Å². The largest absolute Gasteiger partial charge is 0.468 e. The molecule has 1 saturated carbocycles. The van der Waals surface area contributed by atoms with Crippen LogP contribution in [0.3, 0.4) is 0 Å². The van der Waals surface area contributed by atoms with E-state index in [0.29, 0.717) is 12.8 Å². The Bertz CT molecular complexity index is 484. The molecule has 0 atom stereocenters. The van der Waals surface area contributed by atoms with Gasteiger partial charge in [-0.15, -0.1) is 0 Å². The van der Waals surface area contributed by atoms with Crippen molar-refractivity contribution in [2.24, 2.45) is 5.41 Å². The minimum Gasteiger partial charge on any atom is -0.468 e.